The monoisotopic (exact) mass is 203 g/mol. The Morgan fingerprint density at radius 2 is 2.20 bits per heavy atom. The van der Waals surface area contributed by atoms with Crippen LogP contribution in [0, 0.1) is 6.92 Å². The maximum atomic E-state index is 5.72. The van der Waals surface area contributed by atoms with Crippen molar-refractivity contribution in [2.75, 3.05) is 7.05 Å². The molecule has 0 radical (unpaired) electrons. The van der Waals surface area contributed by atoms with E-state index in [2.05, 4.69) is 36.5 Å². The summed E-state index contributed by atoms with van der Waals surface area (Å²) in [6, 6.07) is 8.89. The van der Waals surface area contributed by atoms with Gasteiger partial charge in [-0.15, -0.1) is 0 Å². The van der Waals surface area contributed by atoms with E-state index in [9.17, 15) is 0 Å². The number of benzene rings is 1. The fourth-order valence-electron chi connectivity index (χ4n) is 1.84. The van der Waals surface area contributed by atoms with Gasteiger partial charge in [-0.25, -0.2) is 0 Å². The van der Waals surface area contributed by atoms with Crippen molar-refractivity contribution >= 4 is 11.0 Å². The van der Waals surface area contributed by atoms with E-state index in [1.165, 1.54) is 10.9 Å². The SMILES string of the molecule is CNC(C)Cc1cccc2cc(C)oc12. The molecule has 2 heteroatoms. The maximum absolute atomic E-state index is 5.72. The molecule has 1 N–H and O–H groups in total. The molecule has 2 aromatic rings. The molecule has 15 heavy (non-hydrogen) atoms. The van der Waals surface area contributed by atoms with Crippen LogP contribution in [-0.2, 0) is 6.42 Å². The van der Waals surface area contributed by atoms with Gasteiger partial charge in [-0.3, -0.25) is 0 Å². The molecule has 2 nitrogen and oxygen atoms in total. The van der Waals surface area contributed by atoms with Crippen LogP contribution in [0.1, 0.15) is 18.2 Å². The molecular weight excluding hydrogens is 186 g/mol. The molecule has 0 fully saturated rings. The van der Waals surface area contributed by atoms with Gasteiger partial charge < -0.3 is 9.73 Å². The minimum Gasteiger partial charge on any atom is -0.461 e. The molecule has 0 saturated carbocycles. The third-order valence-corrected chi connectivity index (χ3v) is 2.77. The van der Waals surface area contributed by atoms with Crippen LogP contribution in [0.3, 0.4) is 0 Å². The number of para-hydroxylation sites is 1. The summed E-state index contributed by atoms with van der Waals surface area (Å²) in [4.78, 5) is 0. The smallest absolute Gasteiger partial charge is 0.137 e. The minimum absolute atomic E-state index is 0.473. The highest BCUT2D eigenvalue weighted by atomic mass is 16.3. The lowest BCUT2D eigenvalue weighted by Crippen LogP contribution is -2.23. The van der Waals surface area contributed by atoms with Crippen molar-refractivity contribution in [2.24, 2.45) is 0 Å². The van der Waals surface area contributed by atoms with Crippen molar-refractivity contribution < 1.29 is 4.42 Å². The number of aryl methyl sites for hydroxylation is 1. The van der Waals surface area contributed by atoms with Crippen LogP contribution in [0.25, 0.3) is 11.0 Å². The summed E-state index contributed by atoms with van der Waals surface area (Å²) < 4.78 is 5.72. The standard InChI is InChI=1S/C13H17NO/c1-9(14-3)7-11-5-4-6-12-8-10(2)15-13(11)12/h4-6,8-9,14H,7H2,1-3H3. The molecular formula is C13H17NO. The second-order valence-electron chi connectivity index (χ2n) is 4.09. The van der Waals surface area contributed by atoms with Gasteiger partial charge in [0.1, 0.15) is 11.3 Å². The molecule has 0 aliphatic carbocycles. The molecule has 1 atom stereocenters. The highest BCUT2D eigenvalue weighted by molar-refractivity contribution is 5.81. The fourth-order valence-corrected chi connectivity index (χ4v) is 1.84. The quantitative estimate of drug-likeness (QED) is 0.829. The van der Waals surface area contributed by atoms with E-state index < -0.39 is 0 Å². The summed E-state index contributed by atoms with van der Waals surface area (Å²) in [5.74, 6) is 0.981. The Labute approximate surface area is 90.3 Å². The molecule has 1 aromatic heterocycles. The number of likely N-dealkylation sites (N-methyl/N-ethyl adjacent to an activating group) is 1. The van der Waals surface area contributed by atoms with Crippen molar-refractivity contribution in [3.05, 3.63) is 35.6 Å². The molecule has 2 rings (SSSR count). The van der Waals surface area contributed by atoms with E-state index in [0.29, 0.717) is 6.04 Å². The second-order valence-corrected chi connectivity index (χ2v) is 4.09. The summed E-state index contributed by atoms with van der Waals surface area (Å²) in [5.41, 5.74) is 2.32. The van der Waals surface area contributed by atoms with Gasteiger partial charge in [-0.2, -0.15) is 0 Å². The van der Waals surface area contributed by atoms with Crippen molar-refractivity contribution in [1.29, 1.82) is 0 Å². The zero-order valence-electron chi connectivity index (χ0n) is 9.50. The van der Waals surface area contributed by atoms with Gasteiger partial charge in [0.15, 0.2) is 0 Å². The molecule has 0 amide bonds. The lowest BCUT2D eigenvalue weighted by Gasteiger charge is -2.09. The first-order valence-electron chi connectivity index (χ1n) is 5.36. The van der Waals surface area contributed by atoms with Crippen LogP contribution in [0.2, 0.25) is 0 Å². The highest BCUT2D eigenvalue weighted by Crippen LogP contribution is 2.23. The van der Waals surface area contributed by atoms with Gasteiger partial charge in [0.25, 0.3) is 0 Å². The third-order valence-electron chi connectivity index (χ3n) is 2.77. The first-order chi connectivity index (χ1) is 7.20. The zero-order valence-corrected chi connectivity index (χ0v) is 9.50. The largest absolute Gasteiger partial charge is 0.461 e. The van der Waals surface area contributed by atoms with Crippen molar-refractivity contribution in [3.8, 4) is 0 Å². The molecule has 1 aromatic carbocycles. The fraction of sp³-hybridized carbons (Fsp3) is 0.385. The average molecular weight is 203 g/mol. The Morgan fingerprint density at radius 1 is 1.40 bits per heavy atom. The molecule has 1 unspecified atom stereocenters. The Morgan fingerprint density at radius 3 is 2.93 bits per heavy atom. The van der Waals surface area contributed by atoms with E-state index in [1.807, 2.05) is 14.0 Å². The topological polar surface area (TPSA) is 25.2 Å². The molecule has 0 spiro atoms. The maximum Gasteiger partial charge on any atom is 0.137 e. The zero-order chi connectivity index (χ0) is 10.8. The van der Waals surface area contributed by atoms with Crippen LogP contribution in [-0.4, -0.2) is 13.1 Å². The van der Waals surface area contributed by atoms with Gasteiger partial charge in [0.05, 0.1) is 0 Å². The highest BCUT2D eigenvalue weighted by Gasteiger charge is 2.08. The number of furan rings is 1. The molecule has 0 aliphatic heterocycles. The van der Waals surface area contributed by atoms with E-state index in [-0.39, 0.29) is 0 Å². The Kier molecular flexibility index (Phi) is 2.78. The van der Waals surface area contributed by atoms with Gasteiger partial charge in [-0.1, -0.05) is 18.2 Å². The summed E-state index contributed by atoms with van der Waals surface area (Å²) in [5, 5.41) is 4.45. The summed E-state index contributed by atoms with van der Waals surface area (Å²) in [6.45, 7) is 4.17. The van der Waals surface area contributed by atoms with Crippen LogP contribution in [0.4, 0.5) is 0 Å². The van der Waals surface area contributed by atoms with Crippen LogP contribution >= 0.6 is 0 Å². The van der Waals surface area contributed by atoms with Gasteiger partial charge >= 0.3 is 0 Å². The van der Waals surface area contributed by atoms with E-state index in [0.717, 1.165) is 17.8 Å². The third kappa shape index (κ3) is 2.05. The summed E-state index contributed by atoms with van der Waals surface area (Å²) in [6.07, 6.45) is 1.00. The summed E-state index contributed by atoms with van der Waals surface area (Å²) >= 11 is 0. The lowest BCUT2D eigenvalue weighted by molar-refractivity contribution is 0.562. The number of nitrogens with one attached hydrogen (secondary N) is 1. The van der Waals surface area contributed by atoms with Gasteiger partial charge in [-0.05, 0) is 38.9 Å². The molecule has 1 heterocycles. The second kappa shape index (κ2) is 4.07. The number of hydrogen-bond acceptors (Lipinski definition) is 2. The normalized spacial score (nSPS) is 13.3. The Bertz CT molecular complexity index is 459. The predicted molar refractivity (Wildman–Crippen MR) is 63.2 cm³/mol. The average Bonchev–Trinajstić information content (AvgIpc) is 2.59. The Hall–Kier alpha value is -1.28. The van der Waals surface area contributed by atoms with E-state index in [1.54, 1.807) is 0 Å². The molecule has 0 bridgehead atoms. The van der Waals surface area contributed by atoms with Crippen LogP contribution in [0.15, 0.2) is 28.7 Å². The first kappa shape index (κ1) is 10.2. The van der Waals surface area contributed by atoms with E-state index in [4.69, 9.17) is 4.42 Å². The lowest BCUT2D eigenvalue weighted by atomic mass is 10.1. The minimum atomic E-state index is 0.473. The van der Waals surface area contributed by atoms with Crippen molar-refractivity contribution in [3.63, 3.8) is 0 Å². The Balaban J connectivity index is 2.41. The first-order valence-corrected chi connectivity index (χ1v) is 5.36. The van der Waals surface area contributed by atoms with Crippen LogP contribution < -0.4 is 5.32 Å². The van der Waals surface area contributed by atoms with Crippen LogP contribution in [0.5, 0.6) is 0 Å². The summed E-state index contributed by atoms with van der Waals surface area (Å²) in [7, 11) is 1.98. The predicted octanol–water partition coefficient (Wildman–Crippen LogP) is 2.89. The van der Waals surface area contributed by atoms with Gasteiger partial charge in [0, 0.05) is 11.4 Å². The number of hydrogen-bond donors (Lipinski definition) is 1. The molecule has 0 saturated heterocycles. The van der Waals surface area contributed by atoms with Crippen molar-refractivity contribution in [1.82, 2.24) is 5.32 Å². The van der Waals surface area contributed by atoms with Gasteiger partial charge in [0.2, 0.25) is 0 Å². The van der Waals surface area contributed by atoms with Crippen molar-refractivity contribution in [2.45, 2.75) is 26.3 Å². The number of fused-ring (bicyclic) bond motifs is 1. The molecule has 0 aliphatic rings. The molecule has 80 valence electrons. The number of rotatable bonds is 3. The van der Waals surface area contributed by atoms with E-state index >= 15 is 0 Å².